The van der Waals surface area contributed by atoms with Gasteiger partial charge in [0.2, 0.25) is 19.2 Å². The number of ether oxygens (including phenoxy) is 10. The fourth-order valence-corrected chi connectivity index (χ4v) is 12.8. The first-order valence-corrected chi connectivity index (χ1v) is 24.2. The highest BCUT2D eigenvalue weighted by Crippen LogP contribution is 2.58. The molecule has 3 fully saturated rings. The van der Waals surface area contributed by atoms with Gasteiger partial charge in [0.15, 0.2) is 40.8 Å². The molecule has 3 saturated heterocycles. The minimum Gasteiger partial charge on any atom is -0.497 e. The maximum Gasteiger partial charge on any atom is 0.351 e. The van der Waals surface area contributed by atoms with Crippen molar-refractivity contribution in [1.29, 1.82) is 0 Å². The van der Waals surface area contributed by atoms with Crippen LogP contribution < -0.4 is 18.9 Å². The zero-order chi connectivity index (χ0) is 47.6. The first-order chi connectivity index (χ1) is 32.8. The van der Waals surface area contributed by atoms with E-state index in [1.807, 2.05) is 26.0 Å². The van der Waals surface area contributed by atoms with E-state index in [0.29, 0.717) is 36.5 Å². The van der Waals surface area contributed by atoms with Gasteiger partial charge in [0.1, 0.15) is 11.5 Å². The zero-order valence-corrected chi connectivity index (χ0v) is 39.6. The Kier molecular flexibility index (Phi) is 14.2. The van der Waals surface area contributed by atoms with Crippen LogP contribution in [0, 0.1) is 0 Å². The summed E-state index contributed by atoms with van der Waals surface area (Å²) in [6.07, 6.45) is 9.92. The number of fused-ring (bicyclic) bond motifs is 6. The van der Waals surface area contributed by atoms with Crippen molar-refractivity contribution in [3.8, 4) is 23.0 Å². The number of methoxy groups -OCH3 is 3. The van der Waals surface area contributed by atoms with Gasteiger partial charge in [-0.1, -0.05) is 41.5 Å². The fraction of sp³-hybridized carbons (Fsp3) is 0.623. The normalized spacial score (nSPS) is 30.0. The topological polar surface area (TPSA) is 187 Å². The van der Waals surface area contributed by atoms with Gasteiger partial charge < -0.3 is 52.5 Å². The molecular formula is C53H70N2O15. The molecule has 0 amide bonds. The van der Waals surface area contributed by atoms with Crippen molar-refractivity contribution in [2.75, 3.05) is 61.1 Å². The molecule has 0 bridgehead atoms. The molecule has 382 valence electrons. The van der Waals surface area contributed by atoms with Crippen LogP contribution in [0.4, 0.5) is 0 Å². The van der Waals surface area contributed by atoms with E-state index in [1.165, 1.54) is 12.7 Å². The number of hydrogen-bond donors (Lipinski definition) is 1. The number of cyclic esters (lactones) is 1. The van der Waals surface area contributed by atoms with Crippen molar-refractivity contribution >= 4 is 23.9 Å². The van der Waals surface area contributed by atoms with E-state index in [4.69, 9.17) is 47.4 Å². The molecule has 17 heteroatoms. The molecule has 2 aliphatic carbocycles. The second-order valence-electron chi connectivity index (χ2n) is 19.5. The number of carbonyl (C=O) groups excluding carboxylic acids is 4. The van der Waals surface area contributed by atoms with Gasteiger partial charge in [0, 0.05) is 13.1 Å². The Morgan fingerprint density at radius 1 is 0.729 bits per heavy atom. The molecule has 0 unspecified atom stereocenters. The second kappa shape index (κ2) is 19.6. The fourth-order valence-electron chi connectivity index (χ4n) is 12.8. The maximum absolute atomic E-state index is 13.5. The lowest BCUT2D eigenvalue weighted by molar-refractivity contribution is -0.212. The molecule has 0 saturated carbocycles. The van der Waals surface area contributed by atoms with Crippen LogP contribution in [-0.4, -0.2) is 134 Å². The van der Waals surface area contributed by atoms with Crippen LogP contribution in [-0.2, 0) is 60.4 Å². The van der Waals surface area contributed by atoms with Gasteiger partial charge in [0.05, 0.1) is 57.1 Å². The number of carbonyl (C=O) groups is 4. The van der Waals surface area contributed by atoms with Gasteiger partial charge in [-0.2, -0.15) is 0 Å². The molecule has 1 N–H and O–H groups in total. The lowest BCUT2D eigenvalue weighted by atomic mass is 9.77. The second-order valence-corrected chi connectivity index (χ2v) is 19.5. The molecule has 2 aromatic rings. The molecule has 2 spiro atoms. The van der Waals surface area contributed by atoms with Crippen molar-refractivity contribution in [3.05, 3.63) is 70.2 Å². The molecule has 0 aromatic heterocycles. The van der Waals surface area contributed by atoms with E-state index in [0.717, 1.165) is 98.6 Å². The Labute approximate surface area is 410 Å². The van der Waals surface area contributed by atoms with Crippen LogP contribution in [0.1, 0.15) is 127 Å². The summed E-state index contributed by atoms with van der Waals surface area (Å²) in [6, 6.07) is 8.17. The van der Waals surface area contributed by atoms with Gasteiger partial charge >= 0.3 is 23.9 Å². The molecule has 7 aliphatic heterocycles. The van der Waals surface area contributed by atoms with Crippen LogP contribution in [0.25, 0.3) is 0 Å². The van der Waals surface area contributed by atoms with E-state index in [-0.39, 0.29) is 70.2 Å². The van der Waals surface area contributed by atoms with E-state index in [2.05, 4.69) is 34.1 Å². The number of hydrogen-bond acceptors (Lipinski definition) is 17. The van der Waals surface area contributed by atoms with Crippen molar-refractivity contribution in [2.24, 2.45) is 0 Å². The van der Waals surface area contributed by atoms with Crippen molar-refractivity contribution < 1.29 is 71.7 Å². The third-order valence-corrected chi connectivity index (χ3v) is 15.9. The molecule has 0 radical (unpaired) electrons. The SMILES string of the molecule is C.C.CCC[C@@](O)(CC(=O)OC)C(=O)O[C@@H]1C(OC)=C[C@]23CCCN2CCc2cc4c(cc2[C@H]13)OCO4.CCC[C@]1(C(=O)O[C@@H]2C(OC)=C[C@]34CCCN3CCc3cc5c(cc3[C@H]24)OCO5)CC(=O)O1. The molecule has 11 rings (SSSR count). The smallest absolute Gasteiger partial charge is 0.351 e. The number of benzene rings is 2. The highest BCUT2D eigenvalue weighted by atomic mass is 16.7. The zero-order valence-electron chi connectivity index (χ0n) is 39.6. The number of nitrogens with zero attached hydrogens (tertiary/aromatic N) is 2. The lowest BCUT2D eigenvalue weighted by Crippen LogP contribution is -2.56. The quantitative estimate of drug-likeness (QED) is 0.178. The Morgan fingerprint density at radius 2 is 1.21 bits per heavy atom. The van der Waals surface area contributed by atoms with E-state index >= 15 is 0 Å². The van der Waals surface area contributed by atoms with E-state index < -0.39 is 47.7 Å². The Morgan fingerprint density at radius 3 is 1.66 bits per heavy atom. The first-order valence-electron chi connectivity index (χ1n) is 24.2. The summed E-state index contributed by atoms with van der Waals surface area (Å²) < 4.78 is 56.6. The first kappa shape index (κ1) is 50.9. The minimum absolute atomic E-state index is 0. The Hall–Kier alpha value is -5.52. The third kappa shape index (κ3) is 8.22. The highest BCUT2D eigenvalue weighted by molar-refractivity contribution is 5.93. The monoisotopic (exact) mass is 974 g/mol. The van der Waals surface area contributed by atoms with E-state index in [1.54, 1.807) is 14.2 Å². The molecule has 8 atom stereocenters. The number of aliphatic hydroxyl groups is 1. The van der Waals surface area contributed by atoms with Gasteiger partial charge in [0.25, 0.3) is 0 Å². The van der Waals surface area contributed by atoms with Crippen LogP contribution in [0.5, 0.6) is 23.0 Å². The van der Waals surface area contributed by atoms with Crippen LogP contribution >= 0.6 is 0 Å². The molecule has 70 heavy (non-hydrogen) atoms. The molecule has 17 nitrogen and oxygen atoms in total. The predicted octanol–water partition coefficient (Wildman–Crippen LogP) is 6.54. The molecular weight excluding hydrogens is 905 g/mol. The number of esters is 4. The van der Waals surface area contributed by atoms with Crippen LogP contribution in [0.3, 0.4) is 0 Å². The van der Waals surface area contributed by atoms with Crippen molar-refractivity contribution in [2.45, 2.75) is 152 Å². The molecule has 7 heterocycles. The summed E-state index contributed by atoms with van der Waals surface area (Å²) in [4.78, 5) is 55.5. The van der Waals surface area contributed by atoms with E-state index in [9.17, 15) is 24.3 Å². The number of rotatable bonds is 12. The Bertz CT molecular complexity index is 2430. The van der Waals surface area contributed by atoms with Crippen molar-refractivity contribution in [1.82, 2.24) is 9.80 Å². The van der Waals surface area contributed by atoms with Crippen molar-refractivity contribution in [3.63, 3.8) is 0 Å². The summed E-state index contributed by atoms with van der Waals surface area (Å²) in [6.45, 7) is 7.89. The lowest BCUT2D eigenvalue weighted by Gasteiger charge is -2.41. The summed E-state index contributed by atoms with van der Waals surface area (Å²) >= 11 is 0. The summed E-state index contributed by atoms with van der Waals surface area (Å²) in [7, 11) is 4.43. The maximum atomic E-state index is 13.5. The van der Waals surface area contributed by atoms with Crippen LogP contribution in [0.2, 0.25) is 0 Å². The predicted molar refractivity (Wildman–Crippen MR) is 253 cm³/mol. The van der Waals surface area contributed by atoms with Gasteiger partial charge in [-0.15, -0.1) is 0 Å². The van der Waals surface area contributed by atoms with Gasteiger partial charge in [-0.3, -0.25) is 19.4 Å². The molecule has 2 aromatic carbocycles. The largest absolute Gasteiger partial charge is 0.497 e. The summed E-state index contributed by atoms with van der Waals surface area (Å²) in [5.41, 5.74) is 0.629. The standard InChI is InChI=1S/C26H33NO8.C25H29NO7.2CH4/c1-4-7-26(30,14-21(28)32-3)24(29)35-23-20(31-2)13-25-8-5-9-27(25)10-6-16-11-18-19(34-15-33-18)12-17(16)22(23)25;1-3-6-25(13-20(27)33-25)23(28)32-22-19(29-2)12-24-7-4-8-26(24)9-5-15-10-17-18(31-14-30-17)11-16(15)21(22)24;;/h11-13,22-23,30H,4-10,14-15H2,1-3H3;10-12,21-22H,3-9,13-14H2,1-2H3;2*1H4/t22-,23-,25+,26-;21-,22-,24+,25-;;/m11../s1. The third-order valence-electron chi connectivity index (χ3n) is 15.9. The average molecular weight is 975 g/mol. The van der Waals surface area contributed by atoms with Gasteiger partial charge in [-0.05, 0) is 123 Å². The summed E-state index contributed by atoms with van der Waals surface area (Å²) in [5.74, 6) is 1.35. The minimum atomic E-state index is -1.98. The highest BCUT2D eigenvalue weighted by Gasteiger charge is 2.62. The Balaban J connectivity index is 0.000000183. The van der Waals surface area contributed by atoms with Crippen LogP contribution in [0.15, 0.2) is 47.9 Å². The summed E-state index contributed by atoms with van der Waals surface area (Å²) in [5, 5.41) is 11.2. The molecule has 9 aliphatic rings. The average Bonchev–Trinajstić information content (AvgIpc) is 4.19. The van der Waals surface area contributed by atoms with Gasteiger partial charge in [-0.25, -0.2) is 9.59 Å².